The number of phenolic OH excluding ortho intramolecular Hbond substituents is 1. The van der Waals surface area contributed by atoms with Gasteiger partial charge >= 0.3 is 0 Å². The van der Waals surface area contributed by atoms with E-state index in [9.17, 15) is 0 Å². The first-order chi connectivity index (χ1) is 6.22. The van der Waals surface area contributed by atoms with E-state index in [0.29, 0.717) is 11.7 Å². The van der Waals surface area contributed by atoms with Gasteiger partial charge in [0.2, 0.25) is 0 Å². The molecule has 1 heteroatoms. The van der Waals surface area contributed by atoms with Gasteiger partial charge in [0.25, 0.3) is 0 Å². The highest BCUT2D eigenvalue weighted by Gasteiger charge is 1.99. The summed E-state index contributed by atoms with van der Waals surface area (Å²) < 4.78 is 0. The first-order valence-electron chi connectivity index (χ1n) is 4.42. The van der Waals surface area contributed by atoms with Gasteiger partial charge in [-0.05, 0) is 31.0 Å². The summed E-state index contributed by atoms with van der Waals surface area (Å²) in [6.07, 6.45) is 0.946. The Labute approximate surface area is 79.4 Å². The van der Waals surface area contributed by atoms with Gasteiger partial charge in [-0.15, -0.1) is 11.8 Å². The quantitative estimate of drug-likeness (QED) is 0.683. The molecule has 0 saturated heterocycles. The van der Waals surface area contributed by atoms with Gasteiger partial charge < -0.3 is 5.11 Å². The summed E-state index contributed by atoms with van der Waals surface area (Å²) in [5.74, 6) is 6.70. The SMILES string of the molecule is CC#CC(C)Cc1ccc(O)cc1. The van der Waals surface area contributed by atoms with Gasteiger partial charge in [-0.25, -0.2) is 0 Å². The topological polar surface area (TPSA) is 20.2 Å². The highest BCUT2D eigenvalue weighted by atomic mass is 16.3. The van der Waals surface area contributed by atoms with Crippen LogP contribution in [-0.4, -0.2) is 5.11 Å². The third-order valence-corrected chi connectivity index (χ3v) is 1.87. The minimum Gasteiger partial charge on any atom is -0.508 e. The van der Waals surface area contributed by atoms with Crippen molar-refractivity contribution in [3.05, 3.63) is 29.8 Å². The molecule has 0 fully saturated rings. The van der Waals surface area contributed by atoms with E-state index in [1.165, 1.54) is 5.56 Å². The van der Waals surface area contributed by atoms with Crippen LogP contribution in [0.5, 0.6) is 5.75 Å². The molecule has 1 rings (SSSR count). The van der Waals surface area contributed by atoms with Gasteiger partial charge in [-0.2, -0.15) is 0 Å². The number of aromatic hydroxyl groups is 1. The lowest BCUT2D eigenvalue weighted by molar-refractivity contribution is 0.475. The molecule has 13 heavy (non-hydrogen) atoms. The minimum atomic E-state index is 0.318. The van der Waals surface area contributed by atoms with Crippen LogP contribution in [0.3, 0.4) is 0 Å². The molecule has 68 valence electrons. The molecule has 1 nitrogen and oxygen atoms in total. The molecule has 0 aliphatic heterocycles. The van der Waals surface area contributed by atoms with Crippen LogP contribution in [0.2, 0.25) is 0 Å². The third-order valence-electron chi connectivity index (χ3n) is 1.87. The monoisotopic (exact) mass is 174 g/mol. The van der Waals surface area contributed by atoms with E-state index in [4.69, 9.17) is 5.11 Å². The van der Waals surface area contributed by atoms with E-state index in [1.807, 2.05) is 19.1 Å². The number of phenols is 1. The molecule has 1 atom stereocenters. The highest BCUT2D eigenvalue weighted by Crippen LogP contribution is 2.12. The lowest BCUT2D eigenvalue weighted by atomic mass is 10.0. The van der Waals surface area contributed by atoms with Crippen molar-refractivity contribution < 1.29 is 5.11 Å². The summed E-state index contributed by atoms with van der Waals surface area (Å²) in [6, 6.07) is 7.29. The van der Waals surface area contributed by atoms with E-state index in [0.717, 1.165) is 6.42 Å². The zero-order valence-corrected chi connectivity index (χ0v) is 8.04. The Bertz CT molecular complexity index is 313. The molecule has 0 aromatic heterocycles. The second-order valence-electron chi connectivity index (χ2n) is 3.17. The van der Waals surface area contributed by atoms with Gasteiger partial charge in [-0.3, -0.25) is 0 Å². The molecule has 0 aliphatic carbocycles. The molecular weight excluding hydrogens is 160 g/mol. The van der Waals surface area contributed by atoms with E-state index in [1.54, 1.807) is 12.1 Å². The predicted octanol–water partition coefficient (Wildman–Crippen LogP) is 2.59. The molecule has 1 N–H and O–H groups in total. The lowest BCUT2D eigenvalue weighted by Gasteiger charge is -2.03. The molecule has 0 saturated carbocycles. The summed E-state index contributed by atoms with van der Waals surface area (Å²) in [4.78, 5) is 0. The summed E-state index contributed by atoms with van der Waals surface area (Å²) in [6.45, 7) is 3.96. The number of rotatable bonds is 2. The fraction of sp³-hybridized carbons (Fsp3) is 0.333. The maximum atomic E-state index is 9.07. The van der Waals surface area contributed by atoms with Crippen LogP contribution in [-0.2, 0) is 6.42 Å². The largest absolute Gasteiger partial charge is 0.508 e. The average molecular weight is 174 g/mol. The first kappa shape index (κ1) is 9.67. The second kappa shape index (κ2) is 4.57. The first-order valence-corrected chi connectivity index (χ1v) is 4.42. The second-order valence-corrected chi connectivity index (χ2v) is 3.17. The van der Waals surface area contributed by atoms with Gasteiger partial charge in [0.1, 0.15) is 5.75 Å². The molecule has 0 amide bonds. The number of hydrogen-bond acceptors (Lipinski definition) is 1. The number of benzene rings is 1. The summed E-state index contributed by atoms with van der Waals surface area (Å²) in [5.41, 5.74) is 1.22. The summed E-state index contributed by atoms with van der Waals surface area (Å²) >= 11 is 0. The molecule has 1 aromatic rings. The molecule has 0 aliphatic rings. The van der Waals surface area contributed by atoms with Crippen molar-refractivity contribution in [2.75, 3.05) is 0 Å². The van der Waals surface area contributed by atoms with Crippen LogP contribution >= 0.6 is 0 Å². The summed E-state index contributed by atoms with van der Waals surface area (Å²) in [5, 5.41) is 9.07. The van der Waals surface area contributed by atoms with Crippen LogP contribution < -0.4 is 0 Å². The Kier molecular flexibility index (Phi) is 3.40. The molecule has 1 unspecified atom stereocenters. The molecule has 1 aromatic carbocycles. The molecule has 0 heterocycles. The highest BCUT2D eigenvalue weighted by molar-refractivity contribution is 5.26. The van der Waals surface area contributed by atoms with Crippen molar-refractivity contribution in [1.29, 1.82) is 0 Å². The van der Waals surface area contributed by atoms with E-state index >= 15 is 0 Å². The van der Waals surface area contributed by atoms with Crippen molar-refractivity contribution in [2.45, 2.75) is 20.3 Å². The van der Waals surface area contributed by atoms with Gasteiger partial charge in [-0.1, -0.05) is 19.1 Å². The Hall–Kier alpha value is -1.42. The Balaban J connectivity index is 2.62. The van der Waals surface area contributed by atoms with Gasteiger partial charge in [0.15, 0.2) is 0 Å². The fourth-order valence-electron chi connectivity index (χ4n) is 1.28. The zero-order chi connectivity index (χ0) is 9.68. The van der Waals surface area contributed by atoms with Crippen molar-refractivity contribution in [3.8, 4) is 17.6 Å². The van der Waals surface area contributed by atoms with Crippen molar-refractivity contribution in [2.24, 2.45) is 5.92 Å². The van der Waals surface area contributed by atoms with Crippen LogP contribution in [0.1, 0.15) is 19.4 Å². The minimum absolute atomic E-state index is 0.318. The maximum absolute atomic E-state index is 9.07. The van der Waals surface area contributed by atoms with Crippen LogP contribution in [0.15, 0.2) is 24.3 Å². The summed E-state index contributed by atoms with van der Waals surface area (Å²) in [7, 11) is 0. The van der Waals surface area contributed by atoms with E-state index in [-0.39, 0.29) is 0 Å². The molecular formula is C12H14O. The van der Waals surface area contributed by atoms with E-state index in [2.05, 4.69) is 18.8 Å². The van der Waals surface area contributed by atoms with E-state index < -0.39 is 0 Å². The smallest absolute Gasteiger partial charge is 0.115 e. The fourth-order valence-corrected chi connectivity index (χ4v) is 1.28. The standard InChI is InChI=1S/C12H14O/c1-3-4-10(2)9-11-5-7-12(13)8-6-11/h5-8,10,13H,9H2,1-2H3. The molecule has 0 radical (unpaired) electrons. The van der Waals surface area contributed by atoms with Gasteiger partial charge in [0, 0.05) is 5.92 Å². The lowest BCUT2D eigenvalue weighted by Crippen LogP contribution is -1.95. The zero-order valence-electron chi connectivity index (χ0n) is 8.04. The Morgan fingerprint density at radius 3 is 2.46 bits per heavy atom. The Morgan fingerprint density at radius 1 is 1.31 bits per heavy atom. The molecule has 0 spiro atoms. The average Bonchev–Trinajstić information content (AvgIpc) is 2.09. The van der Waals surface area contributed by atoms with Crippen LogP contribution in [0.4, 0.5) is 0 Å². The van der Waals surface area contributed by atoms with Crippen molar-refractivity contribution in [3.63, 3.8) is 0 Å². The number of hydrogen-bond donors (Lipinski definition) is 1. The van der Waals surface area contributed by atoms with Crippen LogP contribution in [0, 0.1) is 17.8 Å². The van der Waals surface area contributed by atoms with Crippen molar-refractivity contribution in [1.82, 2.24) is 0 Å². The maximum Gasteiger partial charge on any atom is 0.115 e. The predicted molar refractivity (Wildman–Crippen MR) is 54.4 cm³/mol. The Morgan fingerprint density at radius 2 is 1.92 bits per heavy atom. The normalized spacial score (nSPS) is 11.5. The third kappa shape index (κ3) is 3.21. The van der Waals surface area contributed by atoms with Gasteiger partial charge in [0.05, 0.1) is 0 Å². The van der Waals surface area contributed by atoms with Crippen molar-refractivity contribution >= 4 is 0 Å². The van der Waals surface area contributed by atoms with Crippen LogP contribution in [0.25, 0.3) is 0 Å². The molecule has 0 bridgehead atoms.